The number of hydrogen-bond acceptors (Lipinski definition) is 6. The number of rotatable bonds is 7. The number of aliphatic hydroxyl groups excluding tert-OH is 1. The van der Waals surface area contributed by atoms with Gasteiger partial charge in [-0.15, -0.1) is 0 Å². The minimum Gasteiger partial charge on any atom is -0.462 e. The summed E-state index contributed by atoms with van der Waals surface area (Å²) in [5.74, 6) is -0.439. The number of carbonyl (C=O) groups excluding carboxylic acids is 2. The highest BCUT2D eigenvalue weighted by Gasteiger charge is 2.18. The summed E-state index contributed by atoms with van der Waals surface area (Å²) in [6.45, 7) is 6.65. The normalized spacial score (nSPS) is 15.9. The molecule has 7 nitrogen and oxygen atoms in total. The molecule has 0 aliphatic carbocycles. The zero-order valence-electron chi connectivity index (χ0n) is 14.0. The molecule has 0 bridgehead atoms. The van der Waals surface area contributed by atoms with E-state index in [4.69, 9.17) is 9.84 Å². The van der Waals surface area contributed by atoms with Crippen LogP contribution in [-0.2, 0) is 9.53 Å². The molecule has 0 radical (unpaired) electrons. The lowest BCUT2D eigenvalue weighted by molar-refractivity contribution is -0.117. The number of hydrogen-bond donors (Lipinski definition) is 2. The molecular weight excluding hydrogens is 310 g/mol. The van der Waals surface area contributed by atoms with Crippen molar-refractivity contribution in [3.63, 3.8) is 0 Å². The summed E-state index contributed by atoms with van der Waals surface area (Å²) >= 11 is 0. The number of amides is 1. The maximum absolute atomic E-state index is 12.1. The van der Waals surface area contributed by atoms with Crippen molar-refractivity contribution in [2.75, 3.05) is 57.8 Å². The van der Waals surface area contributed by atoms with Crippen molar-refractivity contribution in [2.45, 2.75) is 6.92 Å². The zero-order valence-corrected chi connectivity index (χ0v) is 14.0. The van der Waals surface area contributed by atoms with Gasteiger partial charge in [0.15, 0.2) is 0 Å². The number of anilines is 1. The summed E-state index contributed by atoms with van der Waals surface area (Å²) in [6, 6.07) is 6.68. The Bertz CT molecular complexity index is 539. The van der Waals surface area contributed by atoms with Gasteiger partial charge in [-0.3, -0.25) is 14.6 Å². The Morgan fingerprint density at radius 1 is 1.12 bits per heavy atom. The topological polar surface area (TPSA) is 82.1 Å². The van der Waals surface area contributed by atoms with Gasteiger partial charge in [-0.1, -0.05) is 0 Å². The molecule has 1 heterocycles. The number of aliphatic hydroxyl groups is 1. The number of β-amino-alcohol motifs (C(OH)–C–C–N with tert-alkyl or cyclic N) is 1. The third-order valence-electron chi connectivity index (χ3n) is 3.93. The molecule has 0 unspecified atom stereocenters. The first-order valence-electron chi connectivity index (χ1n) is 8.25. The first kappa shape index (κ1) is 18.4. The first-order valence-corrected chi connectivity index (χ1v) is 8.25. The zero-order chi connectivity index (χ0) is 17.4. The van der Waals surface area contributed by atoms with Crippen LogP contribution in [0.25, 0.3) is 0 Å². The van der Waals surface area contributed by atoms with Crippen LogP contribution in [0.5, 0.6) is 0 Å². The molecule has 1 aliphatic rings. The van der Waals surface area contributed by atoms with Crippen LogP contribution >= 0.6 is 0 Å². The third-order valence-corrected chi connectivity index (χ3v) is 3.93. The lowest BCUT2D eigenvalue weighted by Crippen LogP contribution is -2.49. The molecule has 2 N–H and O–H groups in total. The second-order valence-corrected chi connectivity index (χ2v) is 5.69. The Morgan fingerprint density at radius 2 is 1.75 bits per heavy atom. The van der Waals surface area contributed by atoms with E-state index in [0.29, 0.717) is 30.9 Å². The fourth-order valence-corrected chi connectivity index (χ4v) is 2.62. The van der Waals surface area contributed by atoms with Gasteiger partial charge < -0.3 is 15.2 Å². The van der Waals surface area contributed by atoms with E-state index in [0.717, 1.165) is 26.2 Å². The molecule has 7 heteroatoms. The number of carbonyl (C=O) groups is 2. The molecule has 24 heavy (non-hydrogen) atoms. The van der Waals surface area contributed by atoms with E-state index in [1.54, 1.807) is 31.2 Å². The van der Waals surface area contributed by atoms with Gasteiger partial charge in [0.1, 0.15) is 0 Å². The molecule has 2 rings (SSSR count). The van der Waals surface area contributed by atoms with Gasteiger partial charge in [0, 0.05) is 38.4 Å². The maximum atomic E-state index is 12.1. The lowest BCUT2D eigenvalue weighted by atomic mass is 10.2. The number of nitrogens with zero attached hydrogens (tertiary/aromatic N) is 2. The first-order chi connectivity index (χ1) is 11.6. The fourth-order valence-electron chi connectivity index (χ4n) is 2.62. The quantitative estimate of drug-likeness (QED) is 0.703. The number of esters is 1. The molecule has 0 aromatic heterocycles. The van der Waals surface area contributed by atoms with E-state index < -0.39 is 0 Å². The largest absolute Gasteiger partial charge is 0.462 e. The summed E-state index contributed by atoms with van der Waals surface area (Å²) in [4.78, 5) is 28.0. The molecule has 0 spiro atoms. The van der Waals surface area contributed by atoms with E-state index in [1.165, 1.54) is 0 Å². The third kappa shape index (κ3) is 5.59. The van der Waals surface area contributed by atoms with Gasteiger partial charge in [-0.2, -0.15) is 0 Å². The molecule has 1 aliphatic heterocycles. The number of nitrogens with one attached hydrogen (secondary N) is 1. The van der Waals surface area contributed by atoms with E-state index in [1.807, 2.05) is 0 Å². The van der Waals surface area contributed by atoms with E-state index in [9.17, 15) is 9.59 Å². The summed E-state index contributed by atoms with van der Waals surface area (Å²) in [6.07, 6.45) is 0. The minimum atomic E-state index is -0.365. The van der Waals surface area contributed by atoms with Gasteiger partial charge in [0.05, 0.1) is 25.3 Å². The van der Waals surface area contributed by atoms with Crippen LogP contribution in [0.4, 0.5) is 5.69 Å². The van der Waals surface area contributed by atoms with Gasteiger partial charge >= 0.3 is 5.97 Å². The summed E-state index contributed by atoms with van der Waals surface area (Å²) in [7, 11) is 0. The smallest absolute Gasteiger partial charge is 0.338 e. The van der Waals surface area contributed by atoms with Gasteiger partial charge in [0.2, 0.25) is 5.91 Å². The molecule has 1 aromatic rings. The van der Waals surface area contributed by atoms with Gasteiger partial charge in [0.25, 0.3) is 0 Å². The highest BCUT2D eigenvalue weighted by atomic mass is 16.5. The molecule has 1 amide bonds. The lowest BCUT2D eigenvalue weighted by Gasteiger charge is -2.33. The fraction of sp³-hybridized carbons (Fsp3) is 0.529. The maximum Gasteiger partial charge on any atom is 0.338 e. The number of ether oxygens (including phenoxy) is 1. The van der Waals surface area contributed by atoms with Crippen molar-refractivity contribution in [1.29, 1.82) is 0 Å². The highest BCUT2D eigenvalue weighted by molar-refractivity contribution is 5.94. The van der Waals surface area contributed by atoms with Crippen molar-refractivity contribution in [1.82, 2.24) is 9.80 Å². The Morgan fingerprint density at radius 3 is 2.33 bits per heavy atom. The molecule has 1 aromatic carbocycles. The number of benzene rings is 1. The molecule has 132 valence electrons. The van der Waals surface area contributed by atoms with Gasteiger partial charge in [-0.05, 0) is 31.2 Å². The van der Waals surface area contributed by atoms with Crippen LogP contribution in [0.15, 0.2) is 24.3 Å². The Balaban J connectivity index is 1.77. The van der Waals surface area contributed by atoms with Crippen molar-refractivity contribution in [2.24, 2.45) is 0 Å². The Labute approximate surface area is 142 Å². The summed E-state index contributed by atoms with van der Waals surface area (Å²) < 4.78 is 4.92. The van der Waals surface area contributed by atoms with E-state index in [-0.39, 0.29) is 18.5 Å². The van der Waals surface area contributed by atoms with Crippen molar-refractivity contribution in [3.8, 4) is 0 Å². The van der Waals surface area contributed by atoms with Gasteiger partial charge in [-0.25, -0.2) is 4.79 Å². The predicted octanol–water partition coefficient (Wildman–Crippen LogP) is 0.412. The average molecular weight is 335 g/mol. The van der Waals surface area contributed by atoms with E-state index >= 15 is 0 Å². The standard InChI is InChI=1S/C17H25N3O4/c1-2-24-17(23)14-3-5-15(6-4-14)18-16(22)13-20-9-7-19(8-10-20)11-12-21/h3-6,21H,2,7-13H2,1H3,(H,18,22). The van der Waals surface area contributed by atoms with Crippen molar-refractivity contribution in [3.05, 3.63) is 29.8 Å². The molecule has 1 fully saturated rings. The van der Waals surface area contributed by atoms with Crippen LogP contribution in [0.2, 0.25) is 0 Å². The van der Waals surface area contributed by atoms with Crippen LogP contribution in [0.3, 0.4) is 0 Å². The molecule has 0 atom stereocenters. The molecule has 1 saturated heterocycles. The SMILES string of the molecule is CCOC(=O)c1ccc(NC(=O)CN2CCN(CCO)CC2)cc1. The highest BCUT2D eigenvalue weighted by Crippen LogP contribution is 2.11. The van der Waals surface area contributed by atoms with Crippen LogP contribution in [0, 0.1) is 0 Å². The summed E-state index contributed by atoms with van der Waals surface area (Å²) in [5.41, 5.74) is 1.13. The molecular formula is C17H25N3O4. The number of piperazine rings is 1. The van der Waals surface area contributed by atoms with Crippen molar-refractivity contribution >= 4 is 17.6 Å². The summed E-state index contributed by atoms with van der Waals surface area (Å²) in [5, 5.41) is 11.8. The van der Waals surface area contributed by atoms with Crippen LogP contribution < -0.4 is 5.32 Å². The predicted molar refractivity (Wildman–Crippen MR) is 91.0 cm³/mol. The molecule has 0 saturated carbocycles. The van der Waals surface area contributed by atoms with Crippen molar-refractivity contribution < 1.29 is 19.4 Å². The second kappa shape index (κ2) is 9.36. The monoisotopic (exact) mass is 335 g/mol. The Hall–Kier alpha value is -1.96. The second-order valence-electron chi connectivity index (χ2n) is 5.69. The van der Waals surface area contributed by atoms with E-state index in [2.05, 4.69) is 15.1 Å². The average Bonchev–Trinajstić information content (AvgIpc) is 2.58. The van der Waals surface area contributed by atoms with Crippen LogP contribution in [0.1, 0.15) is 17.3 Å². The Kier molecular flexibility index (Phi) is 7.17. The van der Waals surface area contributed by atoms with Crippen LogP contribution in [-0.4, -0.2) is 79.3 Å². The minimum absolute atomic E-state index is 0.0745.